The fourth-order valence-electron chi connectivity index (χ4n) is 2.99. The molecule has 1 N–H and O–H groups in total. The van der Waals surface area contributed by atoms with Crippen molar-refractivity contribution in [3.63, 3.8) is 0 Å². The van der Waals surface area contributed by atoms with Crippen molar-refractivity contribution in [1.82, 2.24) is 20.1 Å². The van der Waals surface area contributed by atoms with Gasteiger partial charge in [0.1, 0.15) is 11.3 Å². The molecule has 0 radical (unpaired) electrons. The van der Waals surface area contributed by atoms with E-state index in [1.807, 2.05) is 79.9 Å². The number of carbonyl (C=O) groups excluding carboxylic acids is 1. The number of benzene rings is 2. The van der Waals surface area contributed by atoms with Gasteiger partial charge in [-0.2, -0.15) is 5.26 Å². The molecule has 1 unspecified atom stereocenters. The molecule has 0 aliphatic carbocycles. The lowest BCUT2D eigenvalue weighted by Gasteiger charge is -2.27. The number of ether oxygens (including phenoxy) is 1. The van der Waals surface area contributed by atoms with Crippen LogP contribution in [0.5, 0.6) is 5.75 Å². The summed E-state index contributed by atoms with van der Waals surface area (Å²) in [6.07, 6.45) is 0. The first-order chi connectivity index (χ1) is 15.4. The zero-order valence-electron chi connectivity index (χ0n) is 18.7. The van der Waals surface area contributed by atoms with Crippen LogP contribution < -0.4 is 10.1 Å². The van der Waals surface area contributed by atoms with Crippen molar-refractivity contribution in [1.29, 1.82) is 5.26 Å². The maximum absolute atomic E-state index is 12.6. The molecular formula is C24H27N5O2S. The number of thioether (sulfide) groups is 1. The third-order valence-corrected chi connectivity index (χ3v) is 6.12. The maximum Gasteiger partial charge on any atom is 0.231 e. The number of hydrogen-bond acceptors (Lipinski definition) is 6. The summed E-state index contributed by atoms with van der Waals surface area (Å²) in [7, 11) is 0. The largest absolute Gasteiger partial charge is 0.494 e. The van der Waals surface area contributed by atoms with Crippen LogP contribution in [-0.4, -0.2) is 38.6 Å². The Hall–Kier alpha value is -3.31. The second kappa shape index (κ2) is 10.3. The van der Waals surface area contributed by atoms with Crippen LogP contribution in [0.15, 0.2) is 59.8 Å². The Labute approximate surface area is 192 Å². The van der Waals surface area contributed by atoms with E-state index in [0.29, 0.717) is 17.6 Å². The number of hydrogen-bond donors (Lipinski definition) is 1. The monoisotopic (exact) mass is 449 g/mol. The van der Waals surface area contributed by atoms with E-state index in [1.54, 1.807) is 6.92 Å². The summed E-state index contributed by atoms with van der Waals surface area (Å²) in [6, 6.07) is 19.7. The van der Waals surface area contributed by atoms with E-state index >= 15 is 0 Å². The minimum absolute atomic E-state index is 0.0151. The quantitative estimate of drug-likeness (QED) is 0.484. The molecule has 1 atom stereocenters. The summed E-state index contributed by atoms with van der Waals surface area (Å²) in [4.78, 5) is 12.6. The molecule has 3 rings (SSSR count). The van der Waals surface area contributed by atoms with Gasteiger partial charge in [-0.25, -0.2) is 0 Å². The highest BCUT2D eigenvalue weighted by atomic mass is 32.2. The molecule has 3 aromatic rings. The third-order valence-electron chi connectivity index (χ3n) is 5.19. The van der Waals surface area contributed by atoms with Gasteiger partial charge in [-0.1, -0.05) is 55.9 Å². The molecule has 8 heteroatoms. The first kappa shape index (κ1) is 23.4. The molecular weight excluding hydrogens is 422 g/mol. The molecule has 2 aromatic carbocycles. The fraction of sp³-hybridized carbons (Fsp3) is 0.333. The maximum atomic E-state index is 12.6. The van der Waals surface area contributed by atoms with Crippen molar-refractivity contribution in [2.75, 3.05) is 12.4 Å². The van der Waals surface area contributed by atoms with Crippen molar-refractivity contribution in [3.05, 3.63) is 54.6 Å². The lowest BCUT2D eigenvalue weighted by Crippen LogP contribution is -2.49. The van der Waals surface area contributed by atoms with Crippen molar-refractivity contribution in [3.8, 4) is 28.9 Å². The summed E-state index contributed by atoms with van der Waals surface area (Å²) >= 11 is 1.28. The molecule has 1 heterocycles. The van der Waals surface area contributed by atoms with Gasteiger partial charge >= 0.3 is 0 Å². The number of nitrogens with one attached hydrogen (secondary N) is 1. The molecule has 0 aliphatic rings. The van der Waals surface area contributed by atoms with Crippen LogP contribution in [0.4, 0.5) is 0 Å². The van der Waals surface area contributed by atoms with Gasteiger partial charge in [0.05, 0.1) is 18.4 Å². The van der Waals surface area contributed by atoms with E-state index in [4.69, 9.17) is 4.74 Å². The van der Waals surface area contributed by atoms with Gasteiger partial charge in [-0.15, -0.1) is 10.2 Å². The molecule has 166 valence electrons. The lowest BCUT2D eigenvalue weighted by atomic mass is 9.90. The number of nitriles is 1. The minimum Gasteiger partial charge on any atom is -0.494 e. The molecule has 0 saturated carbocycles. The van der Waals surface area contributed by atoms with Crippen LogP contribution in [0.2, 0.25) is 0 Å². The molecule has 7 nitrogen and oxygen atoms in total. The van der Waals surface area contributed by atoms with Crippen LogP contribution in [0, 0.1) is 17.2 Å². The van der Waals surface area contributed by atoms with Gasteiger partial charge in [-0.05, 0) is 44.0 Å². The Kier molecular flexibility index (Phi) is 7.54. The van der Waals surface area contributed by atoms with Crippen LogP contribution >= 0.6 is 11.8 Å². The van der Waals surface area contributed by atoms with Crippen molar-refractivity contribution in [2.45, 2.75) is 38.4 Å². The van der Waals surface area contributed by atoms with Crippen LogP contribution in [-0.2, 0) is 4.79 Å². The highest BCUT2D eigenvalue weighted by molar-refractivity contribution is 7.99. The molecule has 0 bridgehead atoms. The van der Waals surface area contributed by atoms with E-state index in [9.17, 15) is 10.1 Å². The minimum atomic E-state index is -0.921. The second-order valence-electron chi connectivity index (χ2n) is 7.74. The topological polar surface area (TPSA) is 92.8 Å². The second-order valence-corrected chi connectivity index (χ2v) is 8.68. The van der Waals surface area contributed by atoms with E-state index in [2.05, 4.69) is 21.6 Å². The molecule has 1 aromatic heterocycles. The van der Waals surface area contributed by atoms with E-state index < -0.39 is 5.54 Å². The summed E-state index contributed by atoms with van der Waals surface area (Å²) in [5.41, 5.74) is 0.863. The number of rotatable bonds is 9. The number of nitrogens with zero attached hydrogens (tertiary/aromatic N) is 4. The van der Waals surface area contributed by atoms with Gasteiger partial charge in [0, 0.05) is 11.3 Å². The number of amides is 1. The first-order valence-electron chi connectivity index (χ1n) is 10.5. The number of aromatic nitrogens is 3. The van der Waals surface area contributed by atoms with Gasteiger partial charge in [0.2, 0.25) is 5.91 Å². The fourth-order valence-corrected chi connectivity index (χ4v) is 3.74. The molecule has 0 spiro atoms. The van der Waals surface area contributed by atoms with Gasteiger partial charge < -0.3 is 10.1 Å². The first-order valence-corrected chi connectivity index (χ1v) is 11.5. The Morgan fingerprint density at radius 1 is 1.19 bits per heavy atom. The smallest absolute Gasteiger partial charge is 0.231 e. The lowest BCUT2D eigenvalue weighted by molar-refractivity contribution is -0.120. The summed E-state index contributed by atoms with van der Waals surface area (Å²) in [6.45, 7) is 8.08. The molecule has 0 fully saturated rings. The third kappa shape index (κ3) is 5.29. The van der Waals surface area contributed by atoms with E-state index in [-0.39, 0.29) is 17.6 Å². The standard InChI is InChI=1S/C24H27N5O2S/c1-5-31-20-13-11-19(12-14-20)29-22(18-9-7-6-8-10-18)27-28-23(29)32-15-21(30)26-24(4,16-25)17(2)3/h6-14,17H,5,15H2,1-4H3,(H,26,30). The predicted octanol–water partition coefficient (Wildman–Crippen LogP) is 4.48. The molecule has 1 amide bonds. The molecule has 0 saturated heterocycles. The summed E-state index contributed by atoms with van der Waals surface area (Å²) < 4.78 is 7.48. The zero-order valence-corrected chi connectivity index (χ0v) is 19.5. The molecule has 32 heavy (non-hydrogen) atoms. The summed E-state index contributed by atoms with van der Waals surface area (Å²) in [5.74, 6) is 1.34. The Balaban J connectivity index is 1.89. The van der Waals surface area contributed by atoms with Crippen molar-refractivity contribution >= 4 is 17.7 Å². The van der Waals surface area contributed by atoms with Crippen LogP contribution in [0.1, 0.15) is 27.7 Å². The SMILES string of the molecule is CCOc1ccc(-n2c(SCC(=O)NC(C)(C#N)C(C)C)nnc2-c2ccccc2)cc1. The highest BCUT2D eigenvalue weighted by Gasteiger charge is 2.30. The van der Waals surface area contributed by atoms with Crippen LogP contribution in [0.25, 0.3) is 17.1 Å². The molecule has 0 aliphatic heterocycles. The van der Waals surface area contributed by atoms with E-state index in [0.717, 1.165) is 17.0 Å². The Bertz CT molecular complexity index is 1090. The Morgan fingerprint density at radius 3 is 2.47 bits per heavy atom. The van der Waals surface area contributed by atoms with Gasteiger partial charge in [0.15, 0.2) is 11.0 Å². The number of carbonyl (C=O) groups is 1. The van der Waals surface area contributed by atoms with E-state index in [1.165, 1.54) is 11.8 Å². The average Bonchev–Trinajstić information content (AvgIpc) is 3.23. The highest BCUT2D eigenvalue weighted by Crippen LogP contribution is 2.29. The van der Waals surface area contributed by atoms with Crippen molar-refractivity contribution < 1.29 is 9.53 Å². The Morgan fingerprint density at radius 2 is 1.88 bits per heavy atom. The zero-order chi connectivity index (χ0) is 23.1. The van der Waals surface area contributed by atoms with Gasteiger partial charge in [-0.3, -0.25) is 9.36 Å². The van der Waals surface area contributed by atoms with Crippen molar-refractivity contribution in [2.24, 2.45) is 5.92 Å². The predicted molar refractivity (Wildman–Crippen MR) is 126 cm³/mol. The normalized spacial score (nSPS) is 12.8. The van der Waals surface area contributed by atoms with Crippen LogP contribution in [0.3, 0.4) is 0 Å². The summed E-state index contributed by atoms with van der Waals surface area (Å²) in [5, 5.41) is 21.6. The average molecular weight is 450 g/mol. The van der Waals surface area contributed by atoms with Gasteiger partial charge in [0.25, 0.3) is 0 Å².